The molecule has 12 heavy (non-hydrogen) atoms. The maximum atomic E-state index is 12.7. The lowest BCUT2D eigenvalue weighted by atomic mass is 9.88. The lowest BCUT2D eigenvalue weighted by Gasteiger charge is -2.19. The monoisotopic (exact) mass is 187 g/mol. The Hall–Kier alpha value is -0.630. The maximum Gasteiger partial charge on any atom is 0.213 e. The van der Waals surface area contributed by atoms with Gasteiger partial charge in [-0.2, -0.15) is 4.39 Å². The third kappa shape index (κ3) is 1.95. The molecule has 0 aromatic carbocycles. The first-order valence-corrected chi connectivity index (χ1v) is 4.10. The van der Waals surface area contributed by atoms with Crippen molar-refractivity contribution in [1.82, 2.24) is 4.98 Å². The Morgan fingerprint density at radius 3 is 2.42 bits per heavy atom. The van der Waals surface area contributed by atoms with Gasteiger partial charge in [-0.3, -0.25) is 0 Å². The van der Waals surface area contributed by atoms with E-state index < -0.39 is 5.95 Å². The molecule has 1 aromatic rings. The molecule has 1 nitrogen and oxygen atoms in total. The fourth-order valence-corrected chi connectivity index (χ4v) is 1.37. The summed E-state index contributed by atoms with van der Waals surface area (Å²) in [4.78, 5) is 3.45. The van der Waals surface area contributed by atoms with Crippen LogP contribution in [0.15, 0.2) is 12.3 Å². The number of hydrogen-bond donors (Lipinski definition) is 0. The Balaban J connectivity index is 3.23. The van der Waals surface area contributed by atoms with Crippen LogP contribution in [-0.2, 0) is 5.41 Å². The highest BCUT2D eigenvalue weighted by molar-refractivity contribution is 6.31. The van der Waals surface area contributed by atoms with Gasteiger partial charge in [0.15, 0.2) is 0 Å². The highest BCUT2D eigenvalue weighted by atomic mass is 35.5. The van der Waals surface area contributed by atoms with Gasteiger partial charge in [-0.1, -0.05) is 32.4 Å². The van der Waals surface area contributed by atoms with Crippen LogP contribution in [0.25, 0.3) is 0 Å². The first kappa shape index (κ1) is 9.46. The van der Waals surface area contributed by atoms with E-state index in [2.05, 4.69) is 4.98 Å². The van der Waals surface area contributed by atoms with Crippen LogP contribution in [0.2, 0.25) is 5.02 Å². The Kier molecular flexibility index (Phi) is 2.38. The van der Waals surface area contributed by atoms with Crippen molar-refractivity contribution in [3.05, 3.63) is 28.8 Å². The van der Waals surface area contributed by atoms with Gasteiger partial charge in [-0.05, 0) is 17.0 Å². The fraction of sp³-hybridized carbons (Fsp3) is 0.444. The van der Waals surface area contributed by atoms with E-state index in [4.69, 9.17) is 11.6 Å². The molecule has 0 spiro atoms. The minimum absolute atomic E-state index is 0.138. The van der Waals surface area contributed by atoms with Crippen molar-refractivity contribution in [1.29, 1.82) is 0 Å². The number of pyridine rings is 1. The molecule has 0 radical (unpaired) electrons. The molecule has 1 rings (SSSR count). The van der Waals surface area contributed by atoms with Gasteiger partial charge in [0.05, 0.1) is 5.02 Å². The molecule has 0 amide bonds. The second-order valence-electron chi connectivity index (χ2n) is 3.74. The van der Waals surface area contributed by atoms with Gasteiger partial charge in [-0.25, -0.2) is 4.98 Å². The normalized spacial score (nSPS) is 11.8. The molecular formula is C9H11ClFN. The minimum Gasteiger partial charge on any atom is -0.227 e. The largest absolute Gasteiger partial charge is 0.227 e. The van der Waals surface area contributed by atoms with Crippen LogP contribution in [0, 0.1) is 5.95 Å². The van der Waals surface area contributed by atoms with Gasteiger partial charge in [0, 0.05) is 6.20 Å². The van der Waals surface area contributed by atoms with Crippen molar-refractivity contribution in [3.8, 4) is 0 Å². The number of nitrogens with zero attached hydrogens (tertiary/aromatic N) is 1. The summed E-state index contributed by atoms with van der Waals surface area (Å²) < 4.78 is 12.7. The molecule has 0 aliphatic carbocycles. The van der Waals surface area contributed by atoms with Crippen LogP contribution < -0.4 is 0 Å². The average Bonchev–Trinajstić information content (AvgIpc) is 1.92. The molecule has 1 aromatic heterocycles. The summed E-state index contributed by atoms with van der Waals surface area (Å²) in [5.74, 6) is -0.482. The van der Waals surface area contributed by atoms with Crippen molar-refractivity contribution in [2.45, 2.75) is 26.2 Å². The molecule has 0 saturated carbocycles. The Morgan fingerprint density at radius 2 is 2.00 bits per heavy atom. The topological polar surface area (TPSA) is 12.9 Å². The van der Waals surface area contributed by atoms with E-state index in [0.717, 1.165) is 5.56 Å². The fourth-order valence-electron chi connectivity index (χ4n) is 0.988. The molecule has 3 heteroatoms. The predicted octanol–water partition coefficient (Wildman–Crippen LogP) is 3.17. The Labute approximate surface area is 76.6 Å². The Bertz CT molecular complexity index is 291. The summed E-state index contributed by atoms with van der Waals surface area (Å²) in [6.07, 6.45) is 1.34. The van der Waals surface area contributed by atoms with Gasteiger partial charge in [-0.15, -0.1) is 0 Å². The SMILES string of the molecule is CC(C)(C)c1cc(F)ncc1Cl. The van der Waals surface area contributed by atoms with Crippen molar-refractivity contribution in [2.24, 2.45) is 0 Å². The summed E-state index contributed by atoms with van der Waals surface area (Å²) in [7, 11) is 0. The molecule has 0 N–H and O–H groups in total. The van der Waals surface area contributed by atoms with E-state index in [1.54, 1.807) is 0 Å². The minimum atomic E-state index is -0.482. The summed E-state index contributed by atoms with van der Waals surface area (Å²) in [6, 6.07) is 1.38. The van der Waals surface area contributed by atoms with E-state index in [-0.39, 0.29) is 5.41 Å². The number of hydrogen-bond acceptors (Lipinski definition) is 1. The first-order chi connectivity index (χ1) is 5.41. The molecule has 0 unspecified atom stereocenters. The standard InChI is InChI=1S/C9H11ClFN/c1-9(2,3)6-4-8(11)12-5-7(6)10/h4-5H,1-3H3. The van der Waals surface area contributed by atoms with Gasteiger partial charge in [0.25, 0.3) is 0 Å². The quantitative estimate of drug-likeness (QED) is 0.569. The van der Waals surface area contributed by atoms with Crippen LogP contribution in [0.3, 0.4) is 0 Å². The zero-order chi connectivity index (χ0) is 9.35. The summed E-state index contributed by atoms with van der Waals surface area (Å²) in [5.41, 5.74) is 0.651. The van der Waals surface area contributed by atoms with Crippen molar-refractivity contribution in [3.63, 3.8) is 0 Å². The number of aromatic nitrogens is 1. The molecular weight excluding hydrogens is 177 g/mol. The molecule has 0 saturated heterocycles. The van der Waals surface area contributed by atoms with E-state index >= 15 is 0 Å². The zero-order valence-corrected chi connectivity index (χ0v) is 8.11. The summed E-state index contributed by atoms with van der Waals surface area (Å²) in [5, 5.41) is 0.518. The van der Waals surface area contributed by atoms with Crippen molar-refractivity contribution >= 4 is 11.6 Å². The zero-order valence-electron chi connectivity index (χ0n) is 7.36. The molecule has 0 fully saturated rings. The average molecular weight is 188 g/mol. The number of rotatable bonds is 0. The molecule has 0 atom stereocenters. The summed E-state index contributed by atoms with van der Waals surface area (Å²) >= 11 is 5.85. The van der Waals surface area contributed by atoms with Crippen molar-refractivity contribution < 1.29 is 4.39 Å². The number of halogens is 2. The van der Waals surface area contributed by atoms with E-state index in [1.807, 2.05) is 20.8 Å². The lowest BCUT2D eigenvalue weighted by Crippen LogP contribution is -2.12. The second-order valence-corrected chi connectivity index (χ2v) is 4.14. The van der Waals surface area contributed by atoms with Crippen LogP contribution in [0.4, 0.5) is 4.39 Å². The van der Waals surface area contributed by atoms with Crippen LogP contribution in [0.1, 0.15) is 26.3 Å². The third-order valence-electron chi connectivity index (χ3n) is 1.63. The van der Waals surface area contributed by atoms with Gasteiger partial charge in [0.1, 0.15) is 0 Å². The predicted molar refractivity (Wildman–Crippen MR) is 47.9 cm³/mol. The summed E-state index contributed by atoms with van der Waals surface area (Å²) in [6.45, 7) is 5.94. The second kappa shape index (κ2) is 3.02. The van der Waals surface area contributed by atoms with E-state index in [0.29, 0.717) is 5.02 Å². The molecule has 1 heterocycles. The highest BCUT2D eigenvalue weighted by Crippen LogP contribution is 2.28. The van der Waals surface area contributed by atoms with Gasteiger partial charge in [0.2, 0.25) is 5.95 Å². The lowest BCUT2D eigenvalue weighted by molar-refractivity contribution is 0.552. The van der Waals surface area contributed by atoms with E-state index in [9.17, 15) is 4.39 Å². The molecule has 0 bridgehead atoms. The van der Waals surface area contributed by atoms with Crippen molar-refractivity contribution in [2.75, 3.05) is 0 Å². The maximum absolute atomic E-state index is 12.7. The molecule has 0 aliphatic rings. The van der Waals surface area contributed by atoms with Gasteiger partial charge >= 0.3 is 0 Å². The van der Waals surface area contributed by atoms with Crippen LogP contribution in [0.5, 0.6) is 0 Å². The van der Waals surface area contributed by atoms with Crippen LogP contribution >= 0.6 is 11.6 Å². The van der Waals surface area contributed by atoms with Gasteiger partial charge < -0.3 is 0 Å². The molecule has 0 aliphatic heterocycles. The third-order valence-corrected chi connectivity index (χ3v) is 1.93. The highest BCUT2D eigenvalue weighted by Gasteiger charge is 2.18. The molecule has 66 valence electrons. The smallest absolute Gasteiger partial charge is 0.213 e. The van der Waals surface area contributed by atoms with Crippen LogP contribution in [-0.4, -0.2) is 4.98 Å². The van der Waals surface area contributed by atoms with E-state index in [1.165, 1.54) is 12.3 Å². The first-order valence-electron chi connectivity index (χ1n) is 3.73. The Morgan fingerprint density at radius 1 is 1.42 bits per heavy atom.